The predicted octanol–water partition coefficient (Wildman–Crippen LogP) is 3.41. The van der Waals surface area contributed by atoms with E-state index in [0.29, 0.717) is 29.8 Å². The standard InChI is InChI=1S/C19H16N2O3S/c20-10-5-11-25-17-9-4-3-8-15(17)21-18(22)16-12-13-6-1-2-7-14(13)19(23)24-16/h1-4,6-9,16H,5,11-12H2,(H,21,22). The minimum atomic E-state index is -0.848. The Morgan fingerprint density at radius 3 is 2.84 bits per heavy atom. The van der Waals surface area contributed by atoms with Gasteiger partial charge >= 0.3 is 5.97 Å². The smallest absolute Gasteiger partial charge is 0.339 e. The number of carbonyl (C=O) groups is 2. The van der Waals surface area contributed by atoms with Crippen molar-refractivity contribution in [2.45, 2.75) is 23.8 Å². The van der Waals surface area contributed by atoms with Crippen LogP contribution < -0.4 is 5.32 Å². The van der Waals surface area contributed by atoms with Crippen molar-refractivity contribution >= 4 is 29.3 Å². The first-order chi connectivity index (χ1) is 12.2. The van der Waals surface area contributed by atoms with Crippen molar-refractivity contribution in [3.05, 3.63) is 59.7 Å². The molecule has 1 heterocycles. The Bertz CT molecular complexity index is 845. The van der Waals surface area contributed by atoms with E-state index in [9.17, 15) is 9.59 Å². The molecule has 0 saturated carbocycles. The number of carbonyl (C=O) groups excluding carboxylic acids is 2. The summed E-state index contributed by atoms with van der Waals surface area (Å²) in [7, 11) is 0. The molecule has 0 spiro atoms. The third-order valence-corrected chi connectivity index (χ3v) is 4.88. The van der Waals surface area contributed by atoms with Crippen LogP contribution in [-0.4, -0.2) is 23.7 Å². The molecule has 0 fully saturated rings. The summed E-state index contributed by atoms with van der Waals surface area (Å²) in [5.74, 6) is -0.176. The van der Waals surface area contributed by atoms with Crippen molar-refractivity contribution in [3.63, 3.8) is 0 Å². The second-order valence-electron chi connectivity index (χ2n) is 5.50. The van der Waals surface area contributed by atoms with Gasteiger partial charge in [-0.2, -0.15) is 5.26 Å². The largest absolute Gasteiger partial charge is 0.448 e. The minimum absolute atomic E-state index is 0.351. The monoisotopic (exact) mass is 352 g/mol. The van der Waals surface area contributed by atoms with Gasteiger partial charge in [0.05, 0.1) is 17.3 Å². The fourth-order valence-corrected chi connectivity index (χ4v) is 3.46. The van der Waals surface area contributed by atoms with Gasteiger partial charge in [-0.1, -0.05) is 30.3 Å². The van der Waals surface area contributed by atoms with Crippen LogP contribution in [0, 0.1) is 11.3 Å². The van der Waals surface area contributed by atoms with E-state index in [2.05, 4.69) is 11.4 Å². The molecule has 1 unspecified atom stereocenters. The number of nitrogens with one attached hydrogen (secondary N) is 1. The van der Waals surface area contributed by atoms with Gasteiger partial charge in [-0.25, -0.2) is 4.79 Å². The SMILES string of the molecule is N#CCCSc1ccccc1NC(=O)C1Cc2ccccc2C(=O)O1. The Balaban J connectivity index is 1.71. The Morgan fingerprint density at radius 1 is 1.24 bits per heavy atom. The average molecular weight is 352 g/mol. The van der Waals surface area contributed by atoms with Gasteiger partial charge in [0.1, 0.15) is 0 Å². The van der Waals surface area contributed by atoms with Crippen molar-refractivity contribution in [1.82, 2.24) is 0 Å². The molecule has 1 N–H and O–H groups in total. The van der Waals surface area contributed by atoms with E-state index in [4.69, 9.17) is 10.00 Å². The van der Waals surface area contributed by atoms with Crippen molar-refractivity contribution in [2.24, 2.45) is 0 Å². The molecular formula is C19H16N2O3S. The van der Waals surface area contributed by atoms with Crippen LogP contribution in [0.1, 0.15) is 22.3 Å². The number of thioether (sulfide) groups is 1. The summed E-state index contributed by atoms with van der Waals surface area (Å²) >= 11 is 1.50. The van der Waals surface area contributed by atoms with Crippen LogP contribution in [0.2, 0.25) is 0 Å². The van der Waals surface area contributed by atoms with E-state index in [1.54, 1.807) is 18.2 Å². The lowest BCUT2D eigenvalue weighted by Crippen LogP contribution is -2.38. The van der Waals surface area contributed by atoms with Gasteiger partial charge in [-0.15, -0.1) is 11.8 Å². The highest BCUT2D eigenvalue weighted by Gasteiger charge is 2.31. The zero-order valence-corrected chi connectivity index (χ0v) is 14.2. The summed E-state index contributed by atoms with van der Waals surface area (Å²) in [6, 6.07) is 16.6. The molecule has 2 aromatic rings. The van der Waals surface area contributed by atoms with Gasteiger partial charge < -0.3 is 10.1 Å². The lowest BCUT2D eigenvalue weighted by Gasteiger charge is -2.24. The number of esters is 1. The zero-order chi connectivity index (χ0) is 17.6. The minimum Gasteiger partial charge on any atom is -0.448 e. The number of rotatable bonds is 5. The molecule has 1 amide bonds. The maximum atomic E-state index is 12.6. The Kier molecular flexibility index (Phi) is 5.36. The van der Waals surface area contributed by atoms with Gasteiger partial charge in [0.25, 0.3) is 5.91 Å². The van der Waals surface area contributed by atoms with E-state index in [1.807, 2.05) is 30.3 Å². The molecule has 0 radical (unpaired) electrons. The van der Waals surface area contributed by atoms with Crippen molar-refractivity contribution in [1.29, 1.82) is 5.26 Å². The van der Waals surface area contributed by atoms with Gasteiger partial charge in [0, 0.05) is 23.5 Å². The summed E-state index contributed by atoms with van der Waals surface area (Å²) in [4.78, 5) is 25.5. The topological polar surface area (TPSA) is 79.2 Å². The Labute approximate surface area is 150 Å². The molecule has 0 aromatic heterocycles. The zero-order valence-electron chi connectivity index (χ0n) is 13.4. The lowest BCUT2D eigenvalue weighted by atomic mass is 9.98. The molecule has 3 rings (SSSR count). The Hall–Kier alpha value is -2.78. The van der Waals surface area contributed by atoms with Gasteiger partial charge in [-0.05, 0) is 23.8 Å². The summed E-state index contributed by atoms with van der Waals surface area (Å²) in [5.41, 5.74) is 1.99. The number of anilines is 1. The van der Waals surface area contributed by atoms with E-state index >= 15 is 0 Å². The van der Waals surface area contributed by atoms with Crippen LogP contribution in [0.3, 0.4) is 0 Å². The molecule has 25 heavy (non-hydrogen) atoms. The fraction of sp³-hybridized carbons (Fsp3) is 0.211. The van der Waals surface area contributed by atoms with E-state index in [-0.39, 0.29) is 5.91 Å². The quantitative estimate of drug-likeness (QED) is 0.507. The number of amides is 1. The van der Waals surface area contributed by atoms with Gasteiger partial charge in [0.2, 0.25) is 0 Å². The van der Waals surface area contributed by atoms with Gasteiger partial charge in [-0.3, -0.25) is 4.79 Å². The fourth-order valence-electron chi connectivity index (χ4n) is 2.59. The molecule has 5 nitrogen and oxygen atoms in total. The first-order valence-electron chi connectivity index (χ1n) is 7.87. The van der Waals surface area contributed by atoms with E-state index in [1.165, 1.54) is 11.8 Å². The molecule has 6 heteroatoms. The number of para-hydroxylation sites is 1. The Morgan fingerprint density at radius 2 is 2.00 bits per heavy atom. The molecule has 1 aliphatic rings. The number of ether oxygens (including phenoxy) is 1. The molecule has 0 aliphatic carbocycles. The van der Waals surface area contributed by atoms with Crippen LogP contribution in [-0.2, 0) is 16.0 Å². The van der Waals surface area contributed by atoms with E-state index in [0.717, 1.165) is 10.5 Å². The number of nitriles is 1. The third-order valence-electron chi connectivity index (χ3n) is 3.80. The second-order valence-corrected chi connectivity index (χ2v) is 6.63. The average Bonchev–Trinajstić information content (AvgIpc) is 2.63. The second kappa shape index (κ2) is 7.86. The van der Waals surface area contributed by atoms with Crippen LogP contribution in [0.25, 0.3) is 0 Å². The molecule has 0 bridgehead atoms. The number of hydrogen-bond acceptors (Lipinski definition) is 5. The first-order valence-corrected chi connectivity index (χ1v) is 8.86. The number of hydrogen-bond donors (Lipinski definition) is 1. The molecule has 2 aromatic carbocycles. The maximum Gasteiger partial charge on any atom is 0.339 e. The number of fused-ring (bicyclic) bond motifs is 1. The summed E-state index contributed by atoms with van der Waals surface area (Å²) < 4.78 is 5.28. The highest BCUT2D eigenvalue weighted by Crippen LogP contribution is 2.28. The number of nitrogens with zero attached hydrogens (tertiary/aromatic N) is 1. The van der Waals surface area contributed by atoms with Crippen molar-refractivity contribution < 1.29 is 14.3 Å². The van der Waals surface area contributed by atoms with Crippen LogP contribution in [0.15, 0.2) is 53.4 Å². The number of benzene rings is 2. The van der Waals surface area contributed by atoms with Crippen LogP contribution in [0.5, 0.6) is 0 Å². The molecule has 0 saturated heterocycles. The summed E-state index contributed by atoms with van der Waals surface area (Å²) in [6.45, 7) is 0. The predicted molar refractivity (Wildman–Crippen MR) is 95.4 cm³/mol. The summed E-state index contributed by atoms with van der Waals surface area (Å²) in [5, 5.41) is 11.5. The highest BCUT2D eigenvalue weighted by atomic mass is 32.2. The summed E-state index contributed by atoms with van der Waals surface area (Å²) in [6.07, 6.45) is -0.0545. The molecular weight excluding hydrogens is 336 g/mol. The molecule has 1 aliphatic heterocycles. The lowest BCUT2D eigenvalue weighted by molar-refractivity contribution is -0.125. The van der Waals surface area contributed by atoms with Gasteiger partial charge in [0.15, 0.2) is 6.10 Å². The van der Waals surface area contributed by atoms with Crippen LogP contribution >= 0.6 is 11.8 Å². The third kappa shape index (κ3) is 4.01. The first kappa shape index (κ1) is 17.1. The highest BCUT2D eigenvalue weighted by molar-refractivity contribution is 7.99. The maximum absolute atomic E-state index is 12.6. The van der Waals surface area contributed by atoms with Crippen LogP contribution in [0.4, 0.5) is 5.69 Å². The van der Waals surface area contributed by atoms with E-state index < -0.39 is 12.1 Å². The molecule has 126 valence electrons. The van der Waals surface area contributed by atoms with Crippen molar-refractivity contribution in [3.8, 4) is 6.07 Å². The number of cyclic esters (lactones) is 1. The molecule has 1 atom stereocenters. The van der Waals surface area contributed by atoms with Crippen molar-refractivity contribution in [2.75, 3.05) is 11.1 Å². The normalized spacial score (nSPS) is 15.6.